The van der Waals surface area contributed by atoms with Crippen LogP contribution in [0.4, 0.5) is 0 Å². The first-order chi connectivity index (χ1) is 15.6. The first-order valence-corrected chi connectivity index (χ1v) is 10.9. The molecular formula is C26H25N3O3. The number of aromatic hydroxyl groups is 1. The summed E-state index contributed by atoms with van der Waals surface area (Å²) in [4.78, 5) is 20.8. The second-order valence-electron chi connectivity index (χ2n) is 8.20. The van der Waals surface area contributed by atoms with Crippen molar-refractivity contribution in [2.24, 2.45) is 0 Å². The fraction of sp³-hybridized carbons (Fsp3) is 0.231. The number of hydrogen-bond donors (Lipinski definition) is 3. The summed E-state index contributed by atoms with van der Waals surface area (Å²) in [5, 5.41) is 12.6. The minimum Gasteiger partial charge on any atom is -0.508 e. The smallest absolute Gasteiger partial charge is 0.258 e. The molecule has 0 spiro atoms. The molecule has 1 unspecified atom stereocenters. The fourth-order valence-corrected chi connectivity index (χ4v) is 4.24. The monoisotopic (exact) mass is 427 g/mol. The van der Waals surface area contributed by atoms with Gasteiger partial charge >= 0.3 is 0 Å². The Bertz CT molecular complexity index is 1210. The van der Waals surface area contributed by atoms with E-state index in [4.69, 9.17) is 4.74 Å². The molecular weight excluding hydrogens is 402 g/mol. The standard InChI is InChI=1S/C26H25N3O3/c30-20-11-8-17(9-12-20)14-24(26-28-22-6-1-2-7-23(22)29-26)27-25(31)16-32-21-13-10-18-4-3-5-19(18)15-21/h1-2,6-13,15,24,30H,3-5,14,16H2,(H,27,31)(H,28,29). The van der Waals surface area contributed by atoms with Gasteiger partial charge in [0.25, 0.3) is 5.91 Å². The number of rotatable bonds is 7. The number of aryl methyl sites for hydroxylation is 2. The molecule has 1 heterocycles. The SMILES string of the molecule is O=C(COc1ccc2c(c1)CCC2)NC(Cc1ccc(O)cc1)c1nc2ccccc2[nH]1. The van der Waals surface area contributed by atoms with Crippen LogP contribution in [0, 0.1) is 0 Å². The average molecular weight is 428 g/mol. The van der Waals surface area contributed by atoms with E-state index in [1.54, 1.807) is 12.1 Å². The summed E-state index contributed by atoms with van der Waals surface area (Å²) >= 11 is 0. The Morgan fingerprint density at radius 3 is 2.72 bits per heavy atom. The Morgan fingerprint density at radius 1 is 1.06 bits per heavy atom. The summed E-state index contributed by atoms with van der Waals surface area (Å²) in [6, 6.07) is 20.5. The number of aromatic amines is 1. The molecule has 0 aliphatic heterocycles. The Morgan fingerprint density at radius 2 is 1.88 bits per heavy atom. The van der Waals surface area contributed by atoms with E-state index in [1.807, 2.05) is 48.5 Å². The largest absolute Gasteiger partial charge is 0.508 e. The molecule has 1 aliphatic rings. The predicted octanol–water partition coefficient (Wildman–Crippen LogP) is 4.24. The second kappa shape index (κ2) is 8.75. The third-order valence-electron chi connectivity index (χ3n) is 5.89. The minimum atomic E-state index is -0.358. The van der Waals surface area contributed by atoms with Crippen molar-refractivity contribution in [1.82, 2.24) is 15.3 Å². The van der Waals surface area contributed by atoms with Gasteiger partial charge in [0, 0.05) is 0 Å². The van der Waals surface area contributed by atoms with Crippen molar-refractivity contribution in [3.63, 3.8) is 0 Å². The van der Waals surface area contributed by atoms with Crippen molar-refractivity contribution in [1.29, 1.82) is 0 Å². The third-order valence-corrected chi connectivity index (χ3v) is 5.89. The number of phenolic OH excluding ortho intramolecular Hbond substituents is 1. The highest BCUT2D eigenvalue weighted by Gasteiger charge is 2.20. The Labute approximate surface area is 186 Å². The lowest BCUT2D eigenvalue weighted by molar-refractivity contribution is -0.123. The number of carbonyl (C=O) groups is 1. The van der Waals surface area contributed by atoms with Gasteiger partial charge in [-0.15, -0.1) is 0 Å². The normalized spacial score (nSPS) is 13.6. The number of hydrogen-bond acceptors (Lipinski definition) is 4. The lowest BCUT2D eigenvalue weighted by atomic mass is 10.1. The van der Waals surface area contributed by atoms with Crippen molar-refractivity contribution in [3.05, 3.63) is 89.2 Å². The maximum absolute atomic E-state index is 12.8. The van der Waals surface area contributed by atoms with Crippen LogP contribution in [-0.4, -0.2) is 27.6 Å². The summed E-state index contributed by atoms with van der Waals surface area (Å²) in [5.41, 5.74) is 5.44. The molecule has 0 bridgehead atoms. The molecule has 0 fully saturated rings. The Balaban J connectivity index is 1.31. The van der Waals surface area contributed by atoms with Gasteiger partial charge in [-0.25, -0.2) is 4.98 Å². The zero-order chi connectivity index (χ0) is 21.9. The average Bonchev–Trinajstić information content (AvgIpc) is 3.45. The van der Waals surface area contributed by atoms with Crippen molar-refractivity contribution < 1.29 is 14.6 Å². The topological polar surface area (TPSA) is 87.2 Å². The zero-order valence-electron chi connectivity index (χ0n) is 17.7. The number of nitrogens with one attached hydrogen (secondary N) is 2. The molecule has 4 aromatic rings. The highest BCUT2D eigenvalue weighted by Crippen LogP contribution is 2.26. The number of nitrogens with zero attached hydrogens (tertiary/aromatic N) is 1. The first-order valence-electron chi connectivity index (χ1n) is 10.9. The van der Waals surface area contributed by atoms with Gasteiger partial charge in [-0.05, 0) is 78.8 Å². The molecule has 0 radical (unpaired) electrons. The summed E-state index contributed by atoms with van der Waals surface area (Å²) in [6.45, 7) is -0.0644. The van der Waals surface area contributed by atoms with Gasteiger partial charge in [0.1, 0.15) is 17.3 Å². The number of imidazole rings is 1. The predicted molar refractivity (Wildman–Crippen MR) is 123 cm³/mol. The van der Waals surface area contributed by atoms with E-state index in [2.05, 4.69) is 21.4 Å². The van der Waals surface area contributed by atoms with E-state index in [9.17, 15) is 9.90 Å². The summed E-state index contributed by atoms with van der Waals surface area (Å²) < 4.78 is 5.78. The van der Waals surface area contributed by atoms with E-state index in [0.717, 1.165) is 35.2 Å². The number of amides is 1. The van der Waals surface area contributed by atoms with Gasteiger partial charge in [-0.1, -0.05) is 30.3 Å². The quantitative estimate of drug-likeness (QED) is 0.412. The summed E-state index contributed by atoms with van der Waals surface area (Å²) in [6.07, 6.45) is 3.90. The van der Waals surface area contributed by atoms with Crippen LogP contribution in [-0.2, 0) is 24.1 Å². The summed E-state index contributed by atoms with van der Waals surface area (Å²) in [5.74, 6) is 1.40. The molecule has 0 saturated heterocycles. The number of benzene rings is 3. The molecule has 0 saturated carbocycles. The molecule has 1 atom stereocenters. The van der Waals surface area contributed by atoms with Gasteiger partial charge in [-0.3, -0.25) is 4.79 Å². The molecule has 32 heavy (non-hydrogen) atoms. The molecule has 162 valence electrons. The van der Waals surface area contributed by atoms with Gasteiger partial charge < -0.3 is 20.1 Å². The van der Waals surface area contributed by atoms with Crippen LogP contribution >= 0.6 is 0 Å². The van der Waals surface area contributed by atoms with Gasteiger partial charge in [0.2, 0.25) is 0 Å². The van der Waals surface area contributed by atoms with Crippen LogP contribution in [0.25, 0.3) is 11.0 Å². The molecule has 1 amide bonds. The summed E-state index contributed by atoms with van der Waals surface area (Å²) in [7, 11) is 0. The Kier molecular flexibility index (Phi) is 5.50. The number of carbonyl (C=O) groups excluding carboxylic acids is 1. The van der Waals surface area contributed by atoms with Crippen LogP contribution in [0.5, 0.6) is 11.5 Å². The fourth-order valence-electron chi connectivity index (χ4n) is 4.24. The third kappa shape index (κ3) is 4.44. The van der Waals surface area contributed by atoms with Crippen LogP contribution in [0.3, 0.4) is 0 Å². The molecule has 5 rings (SSSR count). The lowest BCUT2D eigenvalue weighted by Gasteiger charge is -2.17. The number of ether oxygens (including phenoxy) is 1. The first kappa shape index (κ1) is 20.1. The highest BCUT2D eigenvalue weighted by molar-refractivity contribution is 5.78. The number of fused-ring (bicyclic) bond motifs is 2. The van der Waals surface area contributed by atoms with Crippen LogP contribution in [0.1, 0.15) is 35.0 Å². The molecule has 6 nitrogen and oxygen atoms in total. The second-order valence-corrected chi connectivity index (χ2v) is 8.20. The zero-order valence-corrected chi connectivity index (χ0v) is 17.7. The Hall–Kier alpha value is -3.80. The van der Waals surface area contributed by atoms with Crippen molar-refractivity contribution >= 4 is 16.9 Å². The van der Waals surface area contributed by atoms with Crippen LogP contribution in [0.15, 0.2) is 66.7 Å². The van der Waals surface area contributed by atoms with E-state index >= 15 is 0 Å². The van der Waals surface area contributed by atoms with Crippen LogP contribution < -0.4 is 10.1 Å². The maximum atomic E-state index is 12.8. The molecule has 1 aliphatic carbocycles. The van der Waals surface area contributed by atoms with E-state index in [-0.39, 0.29) is 24.3 Å². The molecule has 3 N–H and O–H groups in total. The molecule has 1 aromatic heterocycles. The van der Waals surface area contributed by atoms with Gasteiger partial charge in [0.15, 0.2) is 6.61 Å². The van der Waals surface area contributed by atoms with E-state index in [0.29, 0.717) is 12.2 Å². The number of phenols is 1. The maximum Gasteiger partial charge on any atom is 0.258 e. The van der Waals surface area contributed by atoms with Gasteiger partial charge in [0.05, 0.1) is 17.1 Å². The van der Waals surface area contributed by atoms with Crippen molar-refractivity contribution in [2.45, 2.75) is 31.7 Å². The number of aromatic nitrogens is 2. The minimum absolute atomic E-state index is 0.0644. The van der Waals surface area contributed by atoms with E-state index < -0.39 is 0 Å². The van der Waals surface area contributed by atoms with E-state index in [1.165, 1.54) is 17.5 Å². The number of H-pyrrole nitrogens is 1. The van der Waals surface area contributed by atoms with Crippen LogP contribution in [0.2, 0.25) is 0 Å². The van der Waals surface area contributed by atoms with Gasteiger partial charge in [-0.2, -0.15) is 0 Å². The molecule has 6 heteroatoms. The highest BCUT2D eigenvalue weighted by atomic mass is 16.5. The lowest BCUT2D eigenvalue weighted by Crippen LogP contribution is -2.34. The van der Waals surface area contributed by atoms with Crippen molar-refractivity contribution in [3.8, 4) is 11.5 Å². The van der Waals surface area contributed by atoms with Crippen molar-refractivity contribution in [2.75, 3.05) is 6.61 Å². The number of para-hydroxylation sites is 2. The molecule has 3 aromatic carbocycles.